The first kappa shape index (κ1) is 10.4. The van der Waals surface area contributed by atoms with Gasteiger partial charge >= 0.3 is 0 Å². The Morgan fingerprint density at radius 1 is 1.42 bits per heavy atom. The molecule has 0 radical (unpaired) electrons. The summed E-state index contributed by atoms with van der Waals surface area (Å²) in [5, 5.41) is 0. The van der Waals surface area contributed by atoms with Crippen LogP contribution in [-0.4, -0.2) is 36.1 Å². The van der Waals surface area contributed by atoms with E-state index in [-0.39, 0.29) is 5.60 Å². The Morgan fingerprint density at radius 2 is 2.08 bits per heavy atom. The zero-order chi connectivity index (χ0) is 9.03. The maximum atomic E-state index is 5.82. The van der Waals surface area contributed by atoms with Gasteiger partial charge in [0.25, 0.3) is 0 Å². The fraction of sp³-hybridized carbons (Fsp3) is 1.00. The molecular weight excluding hydrogens is 170 g/mol. The average Bonchev–Trinajstić information content (AvgIpc) is 2.18. The van der Waals surface area contributed by atoms with Crippen molar-refractivity contribution >= 4 is 12.6 Å². The van der Waals surface area contributed by atoms with Gasteiger partial charge in [-0.15, -0.1) is 0 Å². The highest BCUT2D eigenvalue weighted by molar-refractivity contribution is 7.80. The third kappa shape index (κ3) is 2.15. The van der Waals surface area contributed by atoms with E-state index in [1.165, 1.54) is 0 Å². The van der Waals surface area contributed by atoms with Crippen LogP contribution in [0.3, 0.4) is 0 Å². The molecule has 0 atom stereocenters. The van der Waals surface area contributed by atoms with Crippen molar-refractivity contribution in [2.24, 2.45) is 0 Å². The topological polar surface area (TPSA) is 12.5 Å². The smallest absolute Gasteiger partial charge is 0.0804 e. The zero-order valence-corrected chi connectivity index (χ0v) is 8.94. The first-order valence-corrected chi connectivity index (χ1v) is 5.37. The van der Waals surface area contributed by atoms with E-state index in [0.29, 0.717) is 0 Å². The summed E-state index contributed by atoms with van der Waals surface area (Å²) in [6.07, 6.45) is 2.21. The first-order chi connectivity index (χ1) is 5.76. The standard InChI is InChI=1S/C9H19NOS/c1-3-9(4-2)7-10(8-12)5-6-11-9/h12H,3-8H2,1-2H3. The van der Waals surface area contributed by atoms with Gasteiger partial charge in [0.1, 0.15) is 0 Å². The van der Waals surface area contributed by atoms with E-state index in [9.17, 15) is 0 Å². The van der Waals surface area contributed by atoms with Crippen molar-refractivity contribution in [3.63, 3.8) is 0 Å². The Morgan fingerprint density at radius 3 is 2.58 bits per heavy atom. The average molecular weight is 189 g/mol. The SMILES string of the molecule is CCC1(CC)CN(CS)CCO1. The molecule has 1 heterocycles. The summed E-state index contributed by atoms with van der Waals surface area (Å²) in [5.74, 6) is 0.852. The minimum atomic E-state index is 0.112. The Balaban J connectivity index is 2.52. The Hall–Kier alpha value is 0.270. The lowest BCUT2D eigenvalue weighted by Gasteiger charge is -2.41. The van der Waals surface area contributed by atoms with Gasteiger partial charge < -0.3 is 4.74 Å². The van der Waals surface area contributed by atoms with E-state index >= 15 is 0 Å². The van der Waals surface area contributed by atoms with Crippen molar-refractivity contribution in [2.75, 3.05) is 25.6 Å². The first-order valence-electron chi connectivity index (χ1n) is 4.73. The van der Waals surface area contributed by atoms with Gasteiger partial charge in [-0.1, -0.05) is 13.8 Å². The molecule has 0 unspecified atom stereocenters. The summed E-state index contributed by atoms with van der Waals surface area (Å²) >= 11 is 4.29. The second-order valence-electron chi connectivity index (χ2n) is 3.43. The molecule has 2 nitrogen and oxygen atoms in total. The highest BCUT2D eigenvalue weighted by Gasteiger charge is 2.32. The van der Waals surface area contributed by atoms with Crippen molar-refractivity contribution in [1.29, 1.82) is 0 Å². The van der Waals surface area contributed by atoms with Crippen LogP contribution in [0.4, 0.5) is 0 Å². The molecular formula is C9H19NOS. The molecule has 0 N–H and O–H groups in total. The van der Waals surface area contributed by atoms with Gasteiger partial charge in [-0.05, 0) is 12.8 Å². The largest absolute Gasteiger partial charge is 0.372 e. The third-order valence-electron chi connectivity index (χ3n) is 2.82. The van der Waals surface area contributed by atoms with E-state index < -0.39 is 0 Å². The predicted molar refractivity (Wildman–Crippen MR) is 54.7 cm³/mol. The van der Waals surface area contributed by atoms with Gasteiger partial charge in [-0.25, -0.2) is 0 Å². The molecule has 0 aromatic carbocycles. The minimum absolute atomic E-state index is 0.112. The van der Waals surface area contributed by atoms with Crippen LogP contribution in [0.25, 0.3) is 0 Å². The number of hydrogen-bond donors (Lipinski definition) is 1. The molecule has 0 amide bonds. The molecule has 0 spiro atoms. The van der Waals surface area contributed by atoms with Gasteiger partial charge in [0, 0.05) is 19.0 Å². The maximum absolute atomic E-state index is 5.82. The normalized spacial score (nSPS) is 24.2. The number of hydrogen-bond acceptors (Lipinski definition) is 3. The molecule has 3 heteroatoms. The summed E-state index contributed by atoms with van der Waals surface area (Å²) < 4.78 is 5.82. The monoisotopic (exact) mass is 189 g/mol. The predicted octanol–water partition coefficient (Wildman–Crippen LogP) is 1.76. The second-order valence-corrected chi connectivity index (χ2v) is 3.72. The zero-order valence-electron chi connectivity index (χ0n) is 8.05. The Labute approximate surface area is 80.7 Å². The highest BCUT2D eigenvalue weighted by Crippen LogP contribution is 2.25. The summed E-state index contributed by atoms with van der Waals surface area (Å²) in [6, 6.07) is 0. The molecule has 1 aliphatic rings. The van der Waals surface area contributed by atoms with Gasteiger partial charge in [-0.3, -0.25) is 4.90 Å². The summed E-state index contributed by atoms with van der Waals surface area (Å²) in [6.45, 7) is 7.34. The number of morpholine rings is 1. The van der Waals surface area contributed by atoms with Gasteiger partial charge in [0.05, 0.1) is 12.2 Å². The van der Waals surface area contributed by atoms with Gasteiger partial charge in [-0.2, -0.15) is 12.6 Å². The van der Waals surface area contributed by atoms with E-state index in [4.69, 9.17) is 4.74 Å². The lowest BCUT2D eigenvalue weighted by Crippen LogP contribution is -2.50. The number of rotatable bonds is 3. The maximum Gasteiger partial charge on any atom is 0.0804 e. The van der Waals surface area contributed by atoms with Crippen LogP contribution in [0.1, 0.15) is 26.7 Å². The summed E-state index contributed by atoms with van der Waals surface area (Å²) in [4.78, 5) is 2.35. The van der Waals surface area contributed by atoms with Crippen LogP contribution in [0.5, 0.6) is 0 Å². The second kappa shape index (κ2) is 4.49. The fourth-order valence-corrected chi connectivity index (χ4v) is 1.96. The van der Waals surface area contributed by atoms with Crippen LogP contribution in [0, 0.1) is 0 Å². The summed E-state index contributed by atoms with van der Waals surface area (Å²) in [5.41, 5.74) is 0.112. The summed E-state index contributed by atoms with van der Waals surface area (Å²) in [7, 11) is 0. The van der Waals surface area contributed by atoms with Crippen LogP contribution in [0.2, 0.25) is 0 Å². The Kier molecular flexibility index (Phi) is 3.87. The lowest BCUT2D eigenvalue weighted by molar-refractivity contribution is -0.108. The van der Waals surface area contributed by atoms with Crippen molar-refractivity contribution in [3.05, 3.63) is 0 Å². The van der Waals surface area contributed by atoms with E-state index in [0.717, 1.165) is 38.4 Å². The van der Waals surface area contributed by atoms with Crippen LogP contribution >= 0.6 is 12.6 Å². The van der Waals surface area contributed by atoms with E-state index in [1.807, 2.05) is 0 Å². The van der Waals surface area contributed by atoms with E-state index in [2.05, 4.69) is 31.4 Å². The molecule has 1 fully saturated rings. The number of nitrogens with zero attached hydrogens (tertiary/aromatic N) is 1. The fourth-order valence-electron chi connectivity index (χ4n) is 1.72. The van der Waals surface area contributed by atoms with Gasteiger partial charge in [0.2, 0.25) is 0 Å². The molecule has 1 aliphatic heterocycles. The van der Waals surface area contributed by atoms with Crippen LogP contribution in [-0.2, 0) is 4.74 Å². The van der Waals surface area contributed by atoms with Crippen molar-refractivity contribution in [1.82, 2.24) is 4.90 Å². The molecule has 0 aromatic rings. The highest BCUT2D eigenvalue weighted by atomic mass is 32.1. The quantitative estimate of drug-likeness (QED) is 0.679. The minimum Gasteiger partial charge on any atom is -0.372 e. The van der Waals surface area contributed by atoms with Crippen molar-refractivity contribution in [2.45, 2.75) is 32.3 Å². The molecule has 12 heavy (non-hydrogen) atoms. The molecule has 1 rings (SSSR count). The van der Waals surface area contributed by atoms with Crippen molar-refractivity contribution < 1.29 is 4.74 Å². The molecule has 0 saturated carbocycles. The van der Waals surface area contributed by atoms with E-state index in [1.54, 1.807) is 0 Å². The Bertz CT molecular complexity index is 136. The third-order valence-corrected chi connectivity index (χ3v) is 3.22. The van der Waals surface area contributed by atoms with Crippen LogP contribution in [0.15, 0.2) is 0 Å². The molecule has 0 aromatic heterocycles. The number of thiol groups is 1. The lowest BCUT2D eigenvalue weighted by atomic mass is 9.95. The number of ether oxygens (including phenoxy) is 1. The van der Waals surface area contributed by atoms with Crippen LogP contribution < -0.4 is 0 Å². The van der Waals surface area contributed by atoms with Gasteiger partial charge in [0.15, 0.2) is 0 Å². The van der Waals surface area contributed by atoms with Crippen molar-refractivity contribution in [3.8, 4) is 0 Å². The molecule has 72 valence electrons. The molecule has 0 aliphatic carbocycles. The molecule has 0 bridgehead atoms. The molecule has 1 saturated heterocycles.